The van der Waals surface area contributed by atoms with Gasteiger partial charge in [0.25, 0.3) is 5.91 Å². The summed E-state index contributed by atoms with van der Waals surface area (Å²) in [7, 11) is 0. The molecule has 1 aromatic rings. The normalized spacial score (nSPS) is 9.53. The van der Waals surface area contributed by atoms with Crippen LogP contribution in [0.3, 0.4) is 0 Å². The zero-order valence-corrected chi connectivity index (χ0v) is 11.1. The van der Waals surface area contributed by atoms with E-state index >= 15 is 0 Å². The fraction of sp³-hybridized carbons (Fsp3) is 0.200. The van der Waals surface area contributed by atoms with Gasteiger partial charge in [0.1, 0.15) is 0 Å². The zero-order valence-electron chi connectivity index (χ0n) is 11.1. The highest BCUT2D eigenvalue weighted by molar-refractivity contribution is 6.03. The van der Waals surface area contributed by atoms with Crippen LogP contribution in [-0.4, -0.2) is 29.8 Å². The molecule has 1 N–H and O–H groups in total. The number of rotatable bonds is 6. The van der Waals surface area contributed by atoms with Crippen LogP contribution in [0.1, 0.15) is 17.3 Å². The van der Waals surface area contributed by atoms with Gasteiger partial charge in [0, 0.05) is 20.0 Å². The minimum atomic E-state index is -0.209. The smallest absolute Gasteiger partial charge is 0.256 e. The summed E-state index contributed by atoms with van der Waals surface area (Å²) < 4.78 is 0. The number of nitrogens with zero attached hydrogens (tertiary/aromatic N) is 1. The van der Waals surface area contributed by atoms with E-state index < -0.39 is 0 Å². The second-order valence-electron chi connectivity index (χ2n) is 4.01. The monoisotopic (exact) mass is 258 g/mol. The molecule has 4 nitrogen and oxygen atoms in total. The van der Waals surface area contributed by atoms with Gasteiger partial charge in [0.2, 0.25) is 5.91 Å². The average Bonchev–Trinajstić information content (AvgIpc) is 2.38. The lowest BCUT2D eigenvalue weighted by molar-refractivity contribution is -0.114. The summed E-state index contributed by atoms with van der Waals surface area (Å²) in [5.74, 6) is -0.372. The largest absolute Gasteiger partial charge is 0.331 e. The Labute approximate surface area is 113 Å². The molecule has 100 valence electrons. The van der Waals surface area contributed by atoms with Crippen molar-refractivity contribution in [2.45, 2.75) is 6.92 Å². The Balaban J connectivity index is 3.05. The maximum atomic E-state index is 12.4. The van der Waals surface area contributed by atoms with Crippen LogP contribution in [0, 0.1) is 0 Å². The zero-order chi connectivity index (χ0) is 14.3. The van der Waals surface area contributed by atoms with E-state index in [9.17, 15) is 9.59 Å². The maximum Gasteiger partial charge on any atom is 0.256 e. The Bertz CT molecular complexity index is 485. The minimum Gasteiger partial charge on any atom is -0.331 e. The number of amides is 2. The van der Waals surface area contributed by atoms with E-state index in [0.717, 1.165) is 0 Å². The summed E-state index contributed by atoms with van der Waals surface area (Å²) in [6.45, 7) is 9.53. The van der Waals surface area contributed by atoms with E-state index in [2.05, 4.69) is 18.5 Å². The molecule has 0 spiro atoms. The molecular weight excluding hydrogens is 240 g/mol. The molecule has 0 aromatic heterocycles. The Hall–Kier alpha value is -2.36. The van der Waals surface area contributed by atoms with Gasteiger partial charge < -0.3 is 10.2 Å². The maximum absolute atomic E-state index is 12.4. The number of nitrogens with one attached hydrogen (secondary N) is 1. The first-order valence-electron chi connectivity index (χ1n) is 5.97. The molecule has 19 heavy (non-hydrogen) atoms. The summed E-state index contributed by atoms with van der Waals surface area (Å²) in [6.07, 6.45) is 3.31. The van der Waals surface area contributed by atoms with Gasteiger partial charge in [-0.25, -0.2) is 0 Å². The highest BCUT2D eigenvalue weighted by Gasteiger charge is 2.17. The van der Waals surface area contributed by atoms with Crippen molar-refractivity contribution in [1.29, 1.82) is 0 Å². The van der Waals surface area contributed by atoms with Crippen LogP contribution in [-0.2, 0) is 4.79 Å². The van der Waals surface area contributed by atoms with Crippen molar-refractivity contribution in [3.63, 3.8) is 0 Å². The predicted molar refractivity (Wildman–Crippen MR) is 77.0 cm³/mol. The van der Waals surface area contributed by atoms with Gasteiger partial charge >= 0.3 is 0 Å². The van der Waals surface area contributed by atoms with E-state index in [0.29, 0.717) is 24.3 Å². The van der Waals surface area contributed by atoms with Crippen molar-refractivity contribution in [3.05, 3.63) is 55.1 Å². The first-order chi connectivity index (χ1) is 9.10. The van der Waals surface area contributed by atoms with Crippen molar-refractivity contribution in [3.8, 4) is 0 Å². The van der Waals surface area contributed by atoms with Gasteiger partial charge in [-0.15, -0.1) is 13.2 Å². The van der Waals surface area contributed by atoms with Gasteiger partial charge in [-0.3, -0.25) is 9.59 Å². The summed E-state index contributed by atoms with van der Waals surface area (Å²) in [5, 5.41) is 2.66. The number of anilines is 1. The number of hydrogen-bond acceptors (Lipinski definition) is 2. The first-order valence-corrected chi connectivity index (χ1v) is 5.97. The lowest BCUT2D eigenvalue weighted by Gasteiger charge is -2.20. The molecule has 1 aromatic carbocycles. The molecule has 0 aliphatic carbocycles. The van der Waals surface area contributed by atoms with Gasteiger partial charge in [-0.1, -0.05) is 24.3 Å². The van der Waals surface area contributed by atoms with Crippen LogP contribution in [0.5, 0.6) is 0 Å². The average molecular weight is 258 g/mol. The molecule has 0 fully saturated rings. The highest BCUT2D eigenvalue weighted by atomic mass is 16.2. The lowest BCUT2D eigenvalue weighted by atomic mass is 10.1. The van der Waals surface area contributed by atoms with Crippen molar-refractivity contribution < 1.29 is 9.59 Å². The molecule has 0 bridgehead atoms. The van der Waals surface area contributed by atoms with Gasteiger partial charge in [0.15, 0.2) is 0 Å². The molecule has 0 aliphatic rings. The van der Waals surface area contributed by atoms with Crippen molar-refractivity contribution >= 4 is 17.5 Å². The number of carbonyl (C=O) groups excluding carboxylic acids is 2. The van der Waals surface area contributed by atoms with E-state index in [1.807, 2.05) is 0 Å². The Kier molecular flexibility index (Phi) is 5.54. The standard InChI is InChI=1S/C15H18N2O2/c1-4-10-17(11-5-2)15(19)13-8-6-7-9-14(13)16-12(3)18/h4-9H,1-2,10-11H2,3H3,(H,16,18). The predicted octanol–water partition coefficient (Wildman–Crippen LogP) is 2.46. The van der Waals surface area contributed by atoms with E-state index in [1.54, 1.807) is 41.3 Å². The number of carbonyl (C=O) groups is 2. The van der Waals surface area contributed by atoms with Crippen LogP contribution in [0.2, 0.25) is 0 Å². The lowest BCUT2D eigenvalue weighted by Crippen LogP contribution is -2.32. The van der Waals surface area contributed by atoms with Crippen molar-refractivity contribution in [1.82, 2.24) is 4.90 Å². The quantitative estimate of drug-likeness (QED) is 0.797. The van der Waals surface area contributed by atoms with Crippen LogP contribution in [0.4, 0.5) is 5.69 Å². The number of hydrogen-bond donors (Lipinski definition) is 1. The molecular formula is C15H18N2O2. The summed E-state index contributed by atoms with van der Waals surface area (Å²) in [4.78, 5) is 25.1. The molecule has 1 rings (SSSR count). The minimum absolute atomic E-state index is 0.163. The molecule has 0 heterocycles. The second-order valence-corrected chi connectivity index (χ2v) is 4.01. The fourth-order valence-electron chi connectivity index (χ4n) is 1.69. The van der Waals surface area contributed by atoms with E-state index in [-0.39, 0.29) is 11.8 Å². The third-order valence-corrected chi connectivity index (χ3v) is 2.45. The molecule has 0 radical (unpaired) electrons. The molecule has 4 heteroatoms. The van der Waals surface area contributed by atoms with Crippen molar-refractivity contribution in [2.75, 3.05) is 18.4 Å². The fourth-order valence-corrected chi connectivity index (χ4v) is 1.69. The van der Waals surface area contributed by atoms with Crippen LogP contribution < -0.4 is 5.32 Å². The van der Waals surface area contributed by atoms with Crippen LogP contribution >= 0.6 is 0 Å². The molecule has 0 atom stereocenters. The van der Waals surface area contributed by atoms with E-state index in [4.69, 9.17) is 0 Å². The van der Waals surface area contributed by atoms with E-state index in [1.165, 1.54) is 6.92 Å². The molecule has 0 saturated heterocycles. The number of benzene rings is 1. The van der Waals surface area contributed by atoms with Crippen LogP contribution in [0.15, 0.2) is 49.6 Å². The first kappa shape index (κ1) is 14.7. The molecule has 0 saturated carbocycles. The summed E-state index contributed by atoms with van der Waals surface area (Å²) in [6, 6.07) is 6.92. The summed E-state index contributed by atoms with van der Waals surface area (Å²) >= 11 is 0. The number of para-hydroxylation sites is 1. The molecule has 0 aliphatic heterocycles. The van der Waals surface area contributed by atoms with Gasteiger partial charge in [-0.05, 0) is 12.1 Å². The topological polar surface area (TPSA) is 49.4 Å². The Morgan fingerprint density at radius 2 is 1.79 bits per heavy atom. The van der Waals surface area contributed by atoms with Gasteiger partial charge in [-0.2, -0.15) is 0 Å². The highest BCUT2D eigenvalue weighted by Crippen LogP contribution is 2.17. The Morgan fingerprint density at radius 3 is 2.32 bits per heavy atom. The third kappa shape index (κ3) is 4.10. The Morgan fingerprint density at radius 1 is 1.21 bits per heavy atom. The second kappa shape index (κ2) is 7.16. The molecule has 0 unspecified atom stereocenters. The van der Waals surface area contributed by atoms with Crippen molar-refractivity contribution in [2.24, 2.45) is 0 Å². The SMILES string of the molecule is C=CCN(CC=C)C(=O)c1ccccc1NC(C)=O. The third-order valence-electron chi connectivity index (χ3n) is 2.45. The van der Waals surface area contributed by atoms with Gasteiger partial charge in [0.05, 0.1) is 11.3 Å². The molecule has 2 amide bonds. The summed E-state index contributed by atoms with van der Waals surface area (Å²) in [5.41, 5.74) is 0.972. The van der Waals surface area contributed by atoms with Crippen LogP contribution in [0.25, 0.3) is 0 Å².